The van der Waals surface area contributed by atoms with Crippen LogP contribution in [0.5, 0.6) is 5.75 Å². The molecule has 0 spiro atoms. The fraction of sp³-hybridized carbons (Fsp3) is 0.125. The summed E-state index contributed by atoms with van der Waals surface area (Å²) >= 11 is 0. The Bertz CT molecular complexity index is 665. The quantitative estimate of drug-likeness (QED) is 0.719. The second-order valence-corrected chi connectivity index (χ2v) is 4.40. The first-order chi connectivity index (χ1) is 9.83. The van der Waals surface area contributed by atoms with E-state index in [1.165, 1.54) is 0 Å². The average molecular weight is 266 g/mol. The van der Waals surface area contributed by atoms with Gasteiger partial charge in [-0.1, -0.05) is 53.7 Å². The Hall–Kier alpha value is -2.62. The van der Waals surface area contributed by atoms with E-state index in [0.717, 1.165) is 11.3 Å². The number of nitrogens with zero attached hydrogens (tertiary/aromatic N) is 2. The highest BCUT2D eigenvalue weighted by Crippen LogP contribution is 2.22. The second kappa shape index (κ2) is 5.57. The van der Waals surface area contributed by atoms with E-state index < -0.39 is 0 Å². The van der Waals surface area contributed by atoms with Crippen LogP contribution in [0.3, 0.4) is 0 Å². The van der Waals surface area contributed by atoms with Gasteiger partial charge < -0.3 is 9.26 Å². The number of para-hydroxylation sites is 1. The molecule has 0 unspecified atom stereocenters. The lowest BCUT2D eigenvalue weighted by Gasteiger charge is -2.09. The number of rotatable bonds is 4. The van der Waals surface area contributed by atoms with E-state index >= 15 is 0 Å². The largest absolute Gasteiger partial charge is 0.481 e. The molecule has 0 radical (unpaired) electrons. The van der Waals surface area contributed by atoms with Crippen molar-refractivity contribution in [1.82, 2.24) is 10.1 Å². The first-order valence-corrected chi connectivity index (χ1v) is 6.43. The summed E-state index contributed by atoms with van der Waals surface area (Å²) in [6, 6.07) is 19.3. The molecular formula is C16H14N2O2. The number of aromatic nitrogens is 2. The van der Waals surface area contributed by atoms with Gasteiger partial charge in [-0.3, -0.25) is 0 Å². The van der Waals surface area contributed by atoms with Gasteiger partial charge in [-0.05, 0) is 19.1 Å². The minimum atomic E-state index is -0.289. The minimum absolute atomic E-state index is 0.289. The molecule has 20 heavy (non-hydrogen) atoms. The van der Waals surface area contributed by atoms with Crippen molar-refractivity contribution in [1.29, 1.82) is 0 Å². The van der Waals surface area contributed by atoms with E-state index in [4.69, 9.17) is 9.26 Å². The van der Waals surface area contributed by atoms with Crippen molar-refractivity contribution < 1.29 is 9.26 Å². The van der Waals surface area contributed by atoms with Crippen LogP contribution in [-0.2, 0) is 0 Å². The maximum Gasteiger partial charge on any atom is 0.267 e. The van der Waals surface area contributed by atoms with E-state index in [9.17, 15) is 0 Å². The molecule has 4 nitrogen and oxygen atoms in total. The van der Waals surface area contributed by atoms with E-state index in [0.29, 0.717) is 11.7 Å². The number of hydrogen-bond acceptors (Lipinski definition) is 4. The fourth-order valence-corrected chi connectivity index (χ4v) is 1.86. The SMILES string of the molecule is C[C@H](Oc1ccccc1)c1nc(-c2ccccc2)no1. The highest BCUT2D eigenvalue weighted by atomic mass is 16.5. The number of benzene rings is 2. The van der Waals surface area contributed by atoms with Gasteiger partial charge in [0.2, 0.25) is 5.82 Å². The lowest BCUT2D eigenvalue weighted by Crippen LogP contribution is -2.03. The summed E-state index contributed by atoms with van der Waals surface area (Å²) in [7, 11) is 0. The number of ether oxygens (including phenoxy) is 1. The summed E-state index contributed by atoms with van der Waals surface area (Å²) in [4.78, 5) is 4.37. The molecule has 4 heteroatoms. The standard InChI is InChI=1S/C16H14N2O2/c1-12(19-14-10-6-3-7-11-14)16-17-15(18-20-16)13-8-4-2-5-9-13/h2-12H,1H3/t12-/m0/s1. The Labute approximate surface area is 117 Å². The molecule has 0 bridgehead atoms. The summed E-state index contributed by atoms with van der Waals surface area (Å²) in [6.45, 7) is 1.88. The van der Waals surface area contributed by atoms with Crippen LogP contribution >= 0.6 is 0 Å². The minimum Gasteiger partial charge on any atom is -0.481 e. The monoisotopic (exact) mass is 266 g/mol. The van der Waals surface area contributed by atoms with Gasteiger partial charge in [0, 0.05) is 5.56 Å². The Morgan fingerprint density at radius 2 is 1.60 bits per heavy atom. The Kier molecular flexibility index (Phi) is 3.46. The van der Waals surface area contributed by atoms with Crippen LogP contribution in [0.25, 0.3) is 11.4 Å². The molecule has 3 aromatic rings. The van der Waals surface area contributed by atoms with Crippen LogP contribution in [0, 0.1) is 0 Å². The normalized spacial score (nSPS) is 12.1. The molecule has 0 fully saturated rings. The summed E-state index contributed by atoms with van der Waals surface area (Å²) in [5, 5.41) is 3.98. The van der Waals surface area contributed by atoms with Crippen molar-refractivity contribution in [3.63, 3.8) is 0 Å². The van der Waals surface area contributed by atoms with Crippen molar-refractivity contribution in [2.45, 2.75) is 13.0 Å². The maximum atomic E-state index is 5.75. The van der Waals surface area contributed by atoms with Gasteiger partial charge in [-0.25, -0.2) is 0 Å². The van der Waals surface area contributed by atoms with Crippen LogP contribution in [0.2, 0.25) is 0 Å². The first kappa shape index (κ1) is 12.4. The molecule has 0 saturated carbocycles. The molecule has 1 aromatic heterocycles. The molecule has 0 aliphatic heterocycles. The highest BCUT2D eigenvalue weighted by Gasteiger charge is 2.16. The topological polar surface area (TPSA) is 48.2 Å². The third kappa shape index (κ3) is 2.69. The van der Waals surface area contributed by atoms with Crippen molar-refractivity contribution in [2.75, 3.05) is 0 Å². The summed E-state index contributed by atoms with van der Waals surface area (Å²) in [5.41, 5.74) is 0.925. The lowest BCUT2D eigenvalue weighted by molar-refractivity contribution is 0.176. The number of hydrogen-bond donors (Lipinski definition) is 0. The third-order valence-corrected chi connectivity index (χ3v) is 2.88. The Morgan fingerprint density at radius 3 is 2.30 bits per heavy atom. The van der Waals surface area contributed by atoms with E-state index in [-0.39, 0.29) is 6.10 Å². The van der Waals surface area contributed by atoms with Crippen LogP contribution in [0.1, 0.15) is 18.9 Å². The zero-order valence-corrected chi connectivity index (χ0v) is 11.1. The van der Waals surface area contributed by atoms with Crippen molar-refractivity contribution in [3.05, 3.63) is 66.6 Å². The molecule has 2 aromatic carbocycles. The predicted octanol–water partition coefficient (Wildman–Crippen LogP) is 3.88. The van der Waals surface area contributed by atoms with E-state index in [2.05, 4.69) is 10.1 Å². The third-order valence-electron chi connectivity index (χ3n) is 2.88. The lowest BCUT2D eigenvalue weighted by atomic mass is 10.2. The smallest absolute Gasteiger partial charge is 0.267 e. The molecular weight excluding hydrogens is 252 g/mol. The maximum absolute atomic E-state index is 5.75. The van der Waals surface area contributed by atoms with E-state index in [1.807, 2.05) is 67.6 Å². The van der Waals surface area contributed by atoms with Crippen LogP contribution in [-0.4, -0.2) is 10.1 Å². The fourth-order valence-electron chi connectivity index (χ4n) is 1.86. The highest BCUT2D eigenvalue weighted by molar-refractivity contribution is 5.53. The van der Waals surface area contributed by atoms with Crippen molar-refractivity contribution in [2.24, 2.45) is 0 Å². The van der Waals surface area contributed by atoms with E-state index in [1.54, 1.807) is 0 Å². The zero-order valence-electron chi connectivity index (χ0n) is 11.1. The molecule has 3 rings (SSSR count). The van der Waals surface area contributed by atoms with Gasteiger partial charge in [0.1, 0.15) is 5.75 Å². The van der Waals surface area contributed by atoms with Gasteiger partial charge >= 0.3 is 0 Å². The zero-order chi connectivity index (χ0) is 13.8. The molecule has 1 heterocycles. The van der Waals surface area contributed by atoms with Crippen LogP contribution in [0.4, 0.5) is 0 Å². The Balaban J connectivity index is 1.77. The van der Waals surface area contributed by atoms with Gasteiger partial charge in [-0.15, -0.1) is 0 Å². The molecule has 0 aliphatic carbocycles. The summed E-state index contributed by atoms with van der Waals surface area (Å²) in [6.07, 6.45) is -0.289. The molecule has 100 valence electrons. The van der Waals surface area contributed by atoms with Gasteiger partial charge in [0.05, 0.1) is 0 Å². The molecule has 0 aliphatic rings. The molecule has 0 amide bonds. The first-order valence-electron chi connectivity index (χ1n) is 6.43. The van der Waals surface area contributed by atoms with Crippen LogP contribution < -0.4 is 4.74 Å². The van der Waals surface area contributed by atoms with Gasteiger partial charge in [0.25, 0.3) is 5.89 Å². The second-order valence-electron chi connectivity index (χ2n) is 4.40. The van der Waals surface area contributed by atoms with Gasteiger partial charge in [-0.2, -0.15) is 4.98 Å². The van der Waals surface area contributed by atoms with Gasteiger partial charge in [0.15, 0.2) is 6.10 Å². The summed E-state index contributed by atoms with van der Waals surface area (Å²) in [5.74, 6) is 1.82. The Morgan fingerprint density at radius 1 is 0.950 bits per heavy atom. The van der Waals surface area contributed by atoms with Crippen LogP contribution in [0.15, 0.2) is 65.2 Å². The average Bonchev–Trinajstić information content (AvgIpc) is 2.99. The van der Waals surface area contributed by atoms with Crippen molar-refractivity contribution >= 4 is 0 Å². The molecule has 0 saturated heterocycles. The summed E-state index contributed by atoms with van der Waals surface area (Å²) < 4.78 is 11.0. The predicted molar refractivity (Wildman–Crippen MR) is 75.2 cm³/mol. The van der Waals surface area contributed by atoms with Crippen molar-refractivity contribution in [3.8, 4) is 17.1 Å². The molecule has 0 N–H and O–H groups in total. The molecule has 1 atom stereocenters.